The van der Waals surface area contributed by atoms with Crippen molar-refractivity contribution in [2.75, 3.05) is 38.7 Å². The van der Waals surface area contributed by atoms with E-state index in [2.05, 4.69) is 15.3 Å². The summed E-state index contributed by atoms with van der Waals surface area (Å²) in [6.45, 7) is 2.08. The van der Waals surface area contributed by atoms with E-state index in [1.807, 2.05) is 30.3 Å². The normalized spacial score (nSPS) is 17.7. The average molecular weight is 514 g/mol. The number of hydrogen-bond donors (Lipinski definition) is 3. The first-order valence-corrected chi connectivity index (χ1v) is 12.4. The second-order valence-corrected chi connectivity index (χ2v) is 9.31. The standard InChI is InChI=1S/C14H19F2NO2.C13H14N4O/c1-19-9-12(8-18)17-5-4-11(7-17)10-2-3-13(15)14(16)6-10;14-13(18)15-12-10-7-4-8-11(10)16-17(12)9-5-2-1-3-6-9/h2-3,6,11-12,18H,4-5,7-9H2,1H3;1-3,5-6H,4,7-8H2,(H3,14,15,18). The molecule has 2 aliphatic rings. The van der Waals surface area contributed by atoms with Crippen molar-refractivity contribution in [2.45, 2.75) is 37.6 Å². The number of nitrogens with zero attached hydrogens (tertiary/aromatic N) is 3. The third-order valence-corrected chi connectivity index (χ3v) is 6.87. The lowest BCUT2D eigenvalue weighted by molar-refractivity contribution is 0.0649. The van der Waals surface area contributed by atoms with Gasteiger partial charge < -0.3 is 15.6 Å². The van der Waals surface area contributed by atoms with Crippen LogP contribution in [-0.2, 0) is 17.6 Å². The number of amides is 2. The molecule has 1 saturated heterocycles. The molecule has 2 atom stereocenters. The molecule has 1 aromatic heterocycles. The lowest BCUT2D eigenvalue weighted by atomic mass is 9.98. The van der Waals surface area contributed by atoms with Gasteiger partial charge in [0.25, 0.3) is 0 Å². The molecule has 0 radical (unpaired) electrons. The number of aromatic nitrogens is 2. The molecule has 5 rings (SSSR count). The lowest BCUT2D eigenvalue weighted by Gasteiger charge is -2.25. The van der Waals surface area contributed by atoms with Gasteiger partial charge >= 0.3 is 6.03 Å². The molecule has 0 saturated carbocycles. The molecular formula is C27H33F2N5O3. The second-order valence-electron chi connectivity index (χ2n) is 9.31. The number of aryl methyl sites for hydroxylation is 1. The zero-order valence-electron chi connectivity index (χ0n) is 20.9. The van der Waals surface area contributed by atoms with E-state index in [-0.39, 0.29) is 18.6 Å². The first-order valence-electron chi connectivity index (χ1n) is 12.4. The predicted molar refractivity (Wildman–Crippen MR) is 137 cm³/mol. The number of carbonyl (C=O) groups is 1. The summed E-state index contributed by atoms with van der Waals surface area (Å²) in [7, 11) is 1.60. The summed E-state index contributed by atoms with van der Waals surface area (Å²) in [5.74, 6) is -0.722. The van der Waals surface area contributed by atoms with Gasteiger partial charge in [-0.05, 0) is 68.0 Å². The number of nitrogens with two attached hydrogens (primary N) is 1. The number of methoxy groups -OCH3 is 1. The number of ether oxygens (including phenoxy) is 1. The highest BCUT2D eigenvalue weighted by Gasteiger charge is 2.29. The highest BCUT2D eigenvalue weighted by Crippen LogP contribution is 2.31. The Labute approximate surface area is 215 Å². The van der Waals surface area contributed by atoms with Crippen molar-refractivity contribution < 1.29 is 23.4 Å². The number of halogens is 2. The Bertz CT molecular complexity index is 1200. The summed E-state index contributed by atoms with van der Waals surface area (Å²) in [5.41, 5.74) is 9.14. The highest BCUT2D eigenvalue weighted by molar-refractivity contribution is 5.88. The highest BCUT2D eigenvalue weighted by atomic mass is 19.2. The van der Waals surface area contributed by atoms with Gasteiger partial charge in [-0.25, -0.2) is 18.3 Å². The van der Waals surface area contributed by atoms with Crippen LogP contribution in [0.25, 0.3) is 5.69 Å². The van der Waals surface area contributed by atoms with Crippen molar-refractivity contribution in [3.63, 3.8) is 0 Å². The Balaban J connectivity index is 0.000000173. The number of benzene rings is 2. The van der Waals surface area contributed by atoms with Crippen molar-refractivity contribution in [1.29, 1.82) is 0 Å². The van der Waals surface area contributed by atoms with Crippen LogP contribution in [-0.4, -0.2) is 65.3 Å². The maximum atomic E-state index is 13.2. The van der Waals surface area contributed by atoms with Crippen LogP contribution in [0, 0.1) is 11.6 Å². The largest absolute Gasteiger partial charge is 0.395 e. The van der Waals surface area contributed by atoms with Crippen LogP contribution in [0.4, 0.5) is 19.4 Å². The van der Waals surface area contributed by atoms with Crippen molar-refractivity contribution in [3.8, 4) is 5.69 Å². The lowest BCUT2D eigenvalue weighted by Crippen LogP contribution is -2.39. The van der Waals surface area contributed by atoms with Crippen LogP contribution >= 0.6 is 0 Å². The summed E-state index contributed by atoms with van der Waals surface area (Å²) in [4.78, 5) is 13.3. The molecule has 1 fully saturated rings. The van der Waals surface area contributed by atoms with Gasteiger partial charge in [-0.3, -0.25) is 10.2 Å². The molecule has 2 aromatic carbocycles. The minimum Gasteiger partial charge on any atom is -0.395 e. The summed E-state index contributed by atoms with van der Waals surface area (Å²) >= 11 is 0. The van der Waals surface area contributed by atoms with E-state index in [4.69, 9.17) is 10.5 Å². The number of nitrogens with one attached hydrogen (secondary N) is 1. The van der Waals surface area contributed by atoms with Crippen molar-refractivity contribution in [2.24, 2.45) is 5.73 Å². The Morgan fingerprint density at radius 2 is 2.00 bits per heavy atom. The zero-order valence-corrected chi connectivity index (χ0v) is 20.9. The first kappa shape index (κ1) is 26.7. The fourth-order valence-corrected chi connectivity index (χ4v) is 5.02. The topological polar surface area (TPSA) is 106 Å². The summed E-state index contributed by atoms with van der Waals surface area (Å²) in [6, 6.07) is 13.2. The Morgan fingerprint density at radius 1 is 1.22 bits per heavy atom. The van der Waals surface area contributed by atoms with Crippen LogP contribution in [0.5, 0.6) is 0 Å². The Morgan fingerprint density at radius 3 is 2.68 bits per heavy atom. The molecule has 2 heterocycles. The minimum atomic E-state index is -0.814. The van der Waals surface area contributed by atoms with Gasteiger partial charge in [0.2, 0.25) is 0 Å². The zero-order chi connectivity index (χ0) is 26.4. The van der Waals surface area contributed by atoms with E-state index in [9.17, 15) is 18.7 Å². The molecule has 37 heavy (non-hydrogen) atoms. The number of hydrogen-bond acceptors (Lipinski definition) is 5. The number of rotatable bonds is 7. The van der Waals surface area contributed by atoms with Gasteiger partial charge in [0.1, 0.15) is 5.82 Å². The quantitative estimate of drug-likeness (QED) is 0.448. The van der Waals surface area contributed by atoms with E-state index in [1.165, 1.54) is 12.1 Å². The summed E-state index contributed by atoms with van der Waals surface area (Å²) in [5, 5.41) is 16.6. The molecule has 4 N–H and O–H groups in total. The molecule has 198 valence electrons. The second kappa shape index (κ2) is 12.3. The van der Waals surface area contributed by atoms with Crippen LogP contribution < -0.4 is 11.1 Å². The molecule has 10 heteroatoms. The number of aliphatic hydroxyl groups excluding tert-OH is 1. The molecule has 1 aliphatic carbocycles. The number of aliphatic hydroxyl groups is 1. The molecular weight excluding hydrogens is 480 g/mol. The fraction of sp³-hybridized carbons (Fsp3) is 0.407. The number of primary amides is 1. The molecule has 8 nitrogen and oxygen atoms in total. The number of para-hydroxylation sites is 1. The predicted octanol–water partition coefficient (Wildman–Crippen LogP) is 3.61. The van der Waals surface area contributed by atoms with Gasteiger partial charge in [0.05, 0.1) is 30.6 Å². The number of urea groups is 1. The molecule has 0 spiro atoms. The number of carbonyl (C=O) groups excluding carboxylic acids is 1. The molecule has 3 aromatic rings. The van der Waals surface area contributed by atoms with Crippen LogP contribution in [0.15, 0.2) is 48.5 Å². The maximum Gasteiger partial charge on any atom is 0.317 e. The monoisotopic (exact) mass is 513 g/mol. The molecule has 2 amide bonds. The van der Waals surface area contributed by atoms with E-state index in [1.54, 1.807) is 17.9 Å². The van der Waals surface area contributed by atoms with Crippen LogP contribution in [0.3, 0.4) is 0 Å². The van der Waals surface area contributed by atoms with Gasteiger partial charge in [0.15, 0.2) is 11.6 Å². The fourth-order valence-electron chi connectivity index (χ4n) is 5.02. The summed E-state index contributed by atoms with van der Waals surface area (Å²) < 4.78 is 33.0. The Kier molecular flexibility index (Phi) is 8.86. The van der Waals surface area contributed by atoms with Gasteiger partial charge in [-0.1, -0.05) is 24.3 Å². The van der Waals surface area contributed by atoms with Crippen molar-refractivity contribution in [1.82, 2.24) is 14.7 Å². The SMILES string of the molecule is COCC(CO)N1CCC(c2ccc(F)c(F)c2)C1.NC(=O)Nc1c2c(nn1-c1ccccc1)CCC2. The molecule has 2 unspecified atom stereocenters. The van der Waals surface area contributed by atoms with E-state index in [0.717, 1.165) is 61.3 Å². The smallest absolute Gasteiger partial charge is 0.317 e. The first-order chi connectivity index (χ1) is 17.9. The number of anilines is 1. The van der Waals surface area contributed by atoms with Crippen molar-refractivity contribution in [3.05, 3.63) is 77.0 Å². The van der Waals surface area contributed by atoms with Gasteiger partial charge in [0, 0.05) is 19.2 Å². The van der Waals surface area contributed by atoms with Crippen molar-refractivity contribution >= 4 is 11.8 Å². The minimum absolute atomic E-state index is 0.0275. The third-order valence-electron chi connectivity index (χ3n) is 6.87. The van der Waals surface area contributed by atoms with Crippen LogP contribution in [0.2, 0.25) is 0 Å². The van der Waals surface area contributed by atoms with E-state index < -0.39 is 17.7 Å². The molecule has 0 bridgehead atoms. The van der Waals surface area contributed by atoms with Gasteiger partial charge in [-0.15, -0.1) is 0 Å². The summed E-state index contributed by atoms with van der Waals surface area (Å²) in [6.07, 6.45) is 3.87. The van der Waals surface area contributed by atoms with E-state index in [0.29, 0.717) is 12.4 Å². The number of fused-ring (bicyclic) bond motifs is 1. The number of likely N-dealkylation sites (tertiary alicyclic amines) is 1. The van der Waals surface area contributed by atoms with E-state index >= 15 is 0 Å². The molecule has 1 aliphatic heterocycles. The average Bonchev–Trinajstić information content (AvgIpc) is 3.63. The maximum absolute atomic E-state index is 13.2. The van der Waals surface area contributed by atoms with Gasteiger partial charge in [-0.2, -0.15) is 5.10 Å². The van der Waals surface area contributed by atoms with Crippen LogP contribution in [0.1, 0.15) is 35.6 Å². The Hall–Kier alpha value is -3.34. The third kappa shape index (κ3) is 6.33.